The van der Waals surface area contributed by atoms with Crippen LogP contribution in [-0.4, -0.2) is 24.3 Å². The quantitative estimate of drug-likeness (QED) is 0.923. The number of nitrogens with zero attached hydrogens (tertiary/aromatic N) is 2. The molecule has 4 heteroatoms. The lowest BCUT2D eigenvalue weighted by Crippen LogP contribution is -2.39. The summed E-state index contributed by atoms with van der Waals surface area (Å²) in [6.07, 6.45) is 6.22. The van der Waals surface area contributed by atoms with Crippen LogP contribution in [0.15, 0.2) is 22.7 Å². The Kier molecular flexibility index (Phi) is 5.24. The second-order valence-corrected chi connectivity index (χ2v) is 5.84. The Morgan fingerprint density at radius 1 is 1.32 bits per heavy atom. The highest BCUT2D eigenvalue weighted by Gasteiger charge is 2.22. The van der Waals surface area contributed by atoms with E-state index in [4.69, 9.17) is 5.26 Å². The fourth-order valence-corrected chi connectivity index (χ4v) is 3.42. The minimum Gasteiger partial charge on any atom is -0.395 e. The van der Waals surface area contributed by atoms with Crippen LogP contribution in [0.2, 0.25) is 0 Å². The van der Waals surface area contributed by atoms with Crippen molar-refractivity contribution in [3.63, 3.8) is 0 Å². The molecular formula is C15H19BrN2O. The van der Waals surface area contributed by atoms with Crippen LogP contribution in [0.25, 0.3) is 0 Å². The van der Waals surface area contributed by atoms with E-state index in [0.29, 0.717) is 18.2 Å². The summed E-state index contributed by atoms with van der Waals surface area (Å²) in [5.74, 6) is 0. The van der Waals surface area contributed by atoms with Crippen LogP contribution in [0.5, 0.6) is 0 Å². The third kappa shape index (κ3) is 3.49. The van der Waals surface area contributed by atoms with Crippen molar-refractivity contribution in [2.75, 3.05) is 18.1 Å². The Labute approximate surface area is 123 Å². The average Bonchev–Trinajstić information content (AvgIpc) is 2.46. The molecule has 1 aromatic carbocycles. The number of benzene rings is 1. The van der Waals surface area contributed by atoms with Gasteiger partial charge in [-0.15, -0.1) is 0 Å². The lowest BCUT2D eigenvalue weighted by atomic mass is 9.93. The Balaban J connectivity index is 2.25. The molecule has 1 aliphatic rings. The zero-order valence-corrected chi connectivity index (χ0v) is 12.6. The number of aliphatic hydroxyl groups is 1. The van der Waals surface area contributed by atoms with Crippen LogP contribution in [0, 0.1) is 11.3 Å². The smallest absolute Gasteiger partial charge is 0.0992 e. The van der Waals surface area contributed by atoms with Gasteiger partial charge in [-0.1, -0.05) is 19.3 Å². The van der Waals surface area contributed by atoms with Crippen LogP contribution in [0.4, 0.5) is 5.69 Å². The van der Waals surface area contributed by atoms with Gasteiger partial charge in [-0.3, -0.25) is 0 Å². The number of aliphatic hydroxyl groups excluding tert-OH is 1. The molecule has 2 rings (SSSR count). The molecule has 1 N–H and O–H groups in total. The van der Waals surface area contributed by atoms with Gasteiger partial charge in [0.15, 0.2) is 0 Å². The minimum absolute atomic E-state index is 0.156. The van der Waals surface area contributed by atoms with Gasteiger partial charge in [0.25, 0.3) is 0 Å². The Hall–Kier alpha value is -1.05. The summed E-state index contributed by atoms with van der Waals surface area (Å²) in [5, 5.41) is 18.2. The van der Waals surface area contributed by atoms with Crippen LogP contribution in [-0.2, 0) is 0 Å². The Bertz CT molecular complexity index is 464. The fraction of sp³-hybridized carbons (Fsp3) is 0.533. The zero-order valence-electron chi connectivity index (χ0n) is 11.0. The summed E-state index contributed by atoms with van der Waals surface area (Å²) in [6.45, 7) is 0.804. The lowest BCUT2D eigenvalue weighted by molar-refractivity contribution is 0.290. The number of rotatable bonds is 4. The molecule has 0 atom stereocenters. The van der Waals surface area contributed by atoms with E-state index in [2.05, 4.69) is 26.9 Å². The van der Waals surface area contributed by atoms with Gasteiger partial charge in [-0.25, -0.2) is 0 Å². The van der Waals surface area contributed by atoms with E-state index >= 15 is 0 Å². The molecule has 3 nitrogen and oxygen atoms in total. The van der Waals surface area contributed by atoms with Crippen LogP contribution >= 0.6 is 15.9 Å². The predicted octanol–water partition coefficient (Wildman–Crippen LogP) is 3.45. The SMILES string of the molecule is N#Cc1ccc(N(CCO)C2CCCCC2)c(Br)c1. The molecule has 1 aromatic rings. The Morgan fingerprint density at radius 2 is 2.05 bits per heavy atom. The number of hydrogen-bond acceptors (Lipinski definition) is 3. The maximum absolute atomic E-state index is 9.31. The van der Waals surface area contributed by atoms with Crippen molar-refractivity contribution < 1.29 is 5.11 Å². The number of nitriles is 1. The lowest BCUT2D eigenvalue weighted by Gasteiger charge is -2.36. The normalized spacial score (nSPS) is 16.1. The van der Waals surface area contributed by atoms with Crippen molar-refractivity contribution in [3.05, 3.63) is 28.2 Å². The monoisotopic (exact) mass is 322 g/mol. The van der Waals surface area contributed by atoms with Crippen molar-refractivity contribution in [2.24, 2.45) is 0 Å². The van der Waals surface area contributed by atoms with Gasteiger partial charge in [0.1, 0.15) is 0 Å². The summed E-state index contributed by atoms with van der Waals surface area (Å²) in [4.78, 5) is 2.28. The standard InChI is InChI=1S/C15H19BrN2O/c16-14-10-12(11-17)6-7-15(14)18(8-9-19)13-4-2-1-3-5-13/h6-7,10,13,19H,1-5,8-9H2. The first-order chi connectivity index (χ1) is 9.26. The third-order valence-corrected chi connectivity index (χ3v) is 4.38. The van der Waals surface area contributed by atoms with Gasteiger partial charge < -0.3 is 10.0 Å². The average molecular weight is 323 g/mol. The molecule has 0 amide bonds. The highest BCUT2D eigenvalue weighted by Crippen LogP contribution is 2.32. The van der Waals surface area contributed by atoms with Gasteiger partial charge in [-0.05, 0) is 47.0 Å². The van der Waals surface area contributed by atoms with Gasteiger partial charge >= 0.3 is 0 Å². The third-order valence-electron chi connectivity index (χ3n) is 3.74. The Morgan fingerprint density at radius 3 is 2.63 bits per heavy atom. The second kappa shape index (κ2) is 6.93. The highest BCUT2D eigenvalue weighted by molar-refractivity contribution is 9.10. The summed E-state index contributed by atoms with van der Waals surface area (Å²) >= 11 is 3.55. The van der Waals surface area contributed by atoms with E-state index < -0.39 is 0 Å². The van der Waals surface area contributed by atoms with Crippen molar-refractivity contribution in [3.8, 4) is 6.07 Å². The summed E-state index contributed by atoms with van der Waals surface area (Å²) in [5.41, 5.74) is 1.74. The van der Waals surface area contributed by atoms with Crippen molar-refractivity contribution in [1.29, 1.82) is 5.26 Å². The fourth-order valence-electron chi connectivity index (χ4n) is 2.81. The number of anilines is 1. The molecule has 0 spiro atoms. The maximum atomic E-state index is 9.31. The first-order valence-corrected chi connectivity index (χ1v) is 7.62. The van der Waals surface area contributed by atoms with E-state index in [-0.39, 0.29) is 6.61 Å². The second-order valence-electron chi connectivity index (χ2n) is 4.99. The van der Waals surface area contributed by atoms with E-state index in [0.717, 1.165) is 10.2 Å². The summed E-state index contributed by atoms with van der Waals surface area (Å²) in [6, 6.07) is 8.32. The number of hydrogen-bond donors (Lipinski definition) is 1. The van der Waals surface area contributed by atoms with E-state index in [9.17, 15) is 5.11 Å². The molecule has 0 saturated heterocycles. The molecule has 0 aliphatic heterocycles. The molecule has 1 fully saturated rings. The minimum atomic E-state index is 0.156. The van der Waals surface area contributed by atoms with Crippen LogP contribution < -0.4 is 4.90 Å². The number of halogens is 1. The molecule has 19 heavy (non-hydrogen) atoms. The van der Waals surface area contributed by atoms with Crippen LogP contribution in [0.1, 0.15) is 37.7 Å². The maximum Gasteiger partial charge on any atom is 0.0992 e. The summed E-state index contributed by atoms with van der Waals surface area (Å²) in [7, 11) is 0. The highest BCUT2D eigenvalue weighted by atomic mass is 79.9. The van der Waals surface area contributed by atoms with E-state index in [1.54, 1.807) is 0 Å². The first-order valence-electron chi connectivity index (χ1n) is 6.83. The molecule has 0 unspecified atom stereocenters. The zero-order chi connectivity index (χ0) is 13.7. The molecule has 102 valence electrons. The first kappa shape index (κ1) is 14.4. The van der Waals surface area contributed by atoms with Crippen molar-refractivity contribution >= 4 is 21.6 Å². The van der Waals surface area contributed by atoms with Crippen molar-refractivity contribution in [2.45, 2.75) is 38.1 Å². The molecular weight excluding hydrogens is 304 g/mol. The van der Waals surface area contributed by atoms with Crippen LogP contribution in [0.3, 0.4) is 0 Å². The van der Waals surface area contributed by atoms with Gasteiger partial charge in [-0.2, -0.15) is 5.26 Å². The van der Waals surface area contributed by atoms with Gasteiger partial charge in [0.05, 0.1) is 23.9 Å². The van der Waals surface area contributed by atoms with Gasteiger partial charge in [0.2, 0.25) is 0 Å². The topological polar surface area (TPSA) is 47.3 Å². The van der Waals surface area contributed by atoms with Crippen molar-refractivity contribution in [1.82, 2.24) is 0 Å². The summed E-state index contributed by atoms with van der Waals surface area (Å²) < 4.78 is 0.936. The molecule has 0 heterocycles. The van der Waals surface area contributed by atoms with Gasteiger partial charge in [0, 0.05) is 17.1 Å². The molecule has 0 radical (unpaired) electrons. The molecule has 0 bridgehead atoms. The predicted molar refractivity (Wildman–Crippen MR) is 80.2 cm³/mol. The largest absolute Gasteiger partial charge is 0.395 e. The molecule has 1 saturated carbocycles. The molecule has 1 aliphatic carbocycles. The molecule has 0 aromatic heterocycles. The van der Waals surface area contributed by atoms with E-state index in [1.165, 1.54) is 32.1 Å². The van der Waals surface area contributed by atoms with E-state index in [1.807, 2.05) is 18.2 Å².